The van der Waals surface area contributed by atoms with Gasteiger partial charge in [-0.05, 0) is 49.9 Å². The monoisotopic (exact) mass is 293 g/mol. The maximum Gasteiger partial charge on any atom is 0.324 e. The van der Waals surface area contributed by atoms with E-state index >= 15 is 0 Å². The van der Waals surface area contributed by atoms with E-state index in [-0.39, 0.29) is 12.5 Å². The molecule has 2 atom stereocenters. The summed E-state index contributed by atoms with van der Waals surface area (Å²) in [5, 5.41) is 21.6. The number of benzene rings is 1. The molecule has 1 fully saturated rings. The van der Waals surface area contributed by atoms with E-state index in [4.69, 9.17) is 9.84 Å². The van der Waals surface area contributed by atoms with Crippen LogP contribution in [0.5, 0.6) is 5.75 Å². The van der Waals surface area contributed by atoms with Crippen LogP contribution in [0.1, 0.15) is 31.2 Å². The number of hydrogen-bond acceptors (Lipinski definition) is 4. The van der Waals surface area contributed by atoms with Gasteiger partial charge in [0.2, 0.25) is 0 Å². The molecule has 1 saturated carbocycles. The standard InChI is InChI=1S/C16H23NO4/c1-17-16(15(19)20)8-3-5-13(16)7-9-21-14-6-2-4-12(10-14)11-18/h2,4,6,10,13,17-18H,3,5,7-9,11H2,1H3,(H,19,20). The molecule has 3 N–H and O–H groups in total. The number of carboxylic acid groups (broad SMARTS) is 1. The summed E-state index contributed by atoms with van der Waals surface area (Å²) in [7, 11) is 1.72. The van der Waals surface area contributed by atoms with E-state index in [0.717, 1.165) is 18.4 Å². The first kappa shape index (κ1) is 15.8. The fourth-order valence-corrected chi connectivity index (χ4v) is 3.24. The summed E-state index contributed by atoms with van der Waals surface area (Å²) in [6.45, 7) is 0.470. The average Bonchev–Trinajstić information content (AvgIpc) is 2.92. The van der Waals surface area contributed by atoms with E-state index in [9.17, 15) is 9.90 Å². The zero-order valence-corrected chi connectivity index (χ0v) is 12.3. The number of aliphatic hydroxyl groups excluding tert-OH is 1. The highest BCUT2D eigenvalue weighted by atomic mass is 16.5. The van der Waals surface area contributed by atoms with Crippen LogP contribution < -0.4 is 10.1 Å². The highest BCUT2D eigenvalue weighted by molar-refractivity contribution is 5.79. The van der Waals surface area contributed by atoms with Crippen molar-refractivity contribution in [1.82, 2.24) is 5.32 Å². The quantitative estimate of drug-likeness (QED) is 0.714. The van der Waals surface area contributed by atoms with Gasteiger partial charge in [0.05, 0.1) is 13.2 Å². The smallest absolute Gasteiger partial charge is 0.324 e. The maximum absolute atomic E-state index is 11.6. The fraction of sp³-hybridized carbons (Fsp3) is 0.562. The molecule has 1 aliphatic rings. The Bertz CT molecular complexity index is 491. The molecule has 0 aromatic heterocycles. The number of aliphatic hydroxyl groups is 1. The second-order valence-corrected chi connectivity index (χ2v) is 5.56. The van der Waals surface area contributed by atoms with E-state index in [1.165, 1.54) is 0 Å². The third-order valence-electron chi connectivity index (χ3n) is 4.46. The van der Waals surface area contributed by atoms with Crippen molar-refractivity contribution in [3.8, 4) is 5.75 Å². The minimum atomic E-state index is -0.809. The summed E-state index contributed by atoms with van der Waals surface area (Å²) in [5.41, 5.74) is -0.000447. The molecule has 0 spiro atoms. The summed E-state index contributed by atoms with van der Waals surface area (Å²) in [6.07, 6.45) is 3.21. The first-order valence-electron chi connectivity index (χ1n) is 7.37. The summed E-state index contributed by atoms with van der Waals surface area (Å²) < 4.78 is 5.70. The molecule has 0 heterocycles. The van der Waals surface area contributed by atoms with Gasteiger partial charge in [0.25, 0.3) is 0 Å². The maximum atomic E-state index is 11.6. The third kappa shape index (κ3) is 3.36. The van der Waals surface area contributed by atoms with E-state index in [2.05, 4.69) is 5.32 Å². The molecule has 21 heavy (non-hydrogen) atoms. The Kier molecular flexibility index (Phi) is 5.20. The topological polar surface area (TPSA) is 78.8 Å². The van der Waals surface area contributed by atoms with Gasteiger partial charge in [-0.15, -0.1) is 0 Å². The van der Waals surface area contributed by atoms with Crippen LogP contribution >= 0.6 is 0 Å². The highest BCUT2D eigenvalue weighted by Gasteiger charge is 2.47. The van der Waals surface area contributed by atoms with Crippen molar-refractivity contribution in [3.63, 3.8) is 0 Å². The largest absolute Gasteiger partial charge is 0.494 e. The van der Waals surface area contributed by atoms with Crippen molar-refractivity contribution in [3.05, 3.63) is 29.8 Å². The van der Waals surface area contributed by atoms with Crippen molar-refractivity contribution in [2.24, 2.45) is 5.92 Å². The van der Waals surface area contributed by atoms with Gasteiger partial charge in [-0.2, -0.15) is 0 Å². The van der Waals surface area contributed by atoms with Crippen molar-refractivity contribution < 1.29 is 19.7 Å². The highest BCUT2D eigenvalue weighted by Crippen LogP contribution is 2.38. The van der Waals surface area contributed by atoms with Gasteiger partial charge in [0.15, 0.2) is 0 Å². The molecule has 0 aliphatic heterocycles. The summed E-state index contributed by atoms with van der Waals surface area (Å²) in [6, 6.07) is 7.32. The normalized spacial score (nSPS) is 25.0. The zero-order chi connectivity index (χ0) is 15.3. The zero-order valence-electron chi connectivity index (χ0n) is 12.3. The Balaban J connectivity index is 1.92. The summed E-state index contributed by atoms with van der Waals surface area (Å²) in [5.74, 6) is 0.0285. The van der Waals surface area contributed by atoms with Crippen molar-refractivity contribution in [2.75, 3.05) is 13.7 Å². The number of hydrogen-bond donors (Lipinski definition) is 3. The van der Waals surface area contributed by atoms with Gasteiger partial charge >= 0.3 is 5.97 Å². The molecule has 5 nitrogen and oxygen atoms in total. The lowest BCUT2D eigenvalue weighted by atomic mass is 9.85. The van der Waals surface area contributed by atoms with Crippen molar-refractivity contribution in [2.45, 2.75) is 37.8 Å². The number of aliphatic carboxylic acids is 1. The molecular formula is C16H23NO4. The Labute approximate surface area is 124 Å². The Morgan fingerprint density at radius 1 is 1.52 bits per heavy atom. The Morgan fingerprint density at radius 3 is 3.00 bits per heavy atom. The predicted molar refractivity (Wildman–Crippen MR) is 79.2 cm³/mol. The molecule has 116 valence electrons. The van der Waals surface area contributed by atoms with Crippen LogP contribution in [0.2, 0.25) is 0 Å². The molecule has 2 rings (SSSR count). The molecular weight excluding hydrogens is 270 g/mol. The van der Waals surface area contributed by atoms with Crippen LogP contribution in [0.4, 0.5) is 0 Å². The number of carboxylic acids is 1. The predicted octanol–water partition coefficient (Wildman–Crippen LogP) is 1.79. The number of ether oxygens (including phenoxy) is 1. The lowest BCUT2D eigenvalue weighted by molar-refractivity contribution is -0.146. The first-order chi connectivity index (χ1) is 10.1. The lowest BCUT2D eigenvalue weighted by Gasteiger charge is -2.30. The molecule has 1 aliphatic carbocycles. The fourth-order valence-electron chi connectivity index (χ4n) is 3.24. The summed E-state index contributed by atoms with van der Waals surface area (Å²) >= 11 is 0. The van der Waals surface area contributed by atoms with Gasteiger partial charge in [-0.25, -0.2) is 0 Å². The second kappa shape index (κ2) is 6.91. The third-order valence-corrected chi connectivity index (χ3v) is 4.46. The Morgan fingerprint density at radius 2 is 2.33 bits per heavy atom. The second-order valence-electron chi connectivity index (χ2n) is 5.56. The van der Waals surface area contributed by atoms with Crippen LogP contribution in [0, 0.1) is 5.92 Å². The van der Waals surface area contributed by atoms with Crippen molar-refractivity contribution in [1.29, 1.82) is 0 Å². The van der Waals surface area contributed by atoms with Crippen LogP contribution in [0.25, 0.3) is 0 Å². The summed E-state index contributed by atoms with van der Waals surface area (Å²) in [4.78, 5) is 11.6. The van der Waals surface area contributed by atoms with E-state index in [1.807, 2.05) is 18.2 Å². The molecule has 0 amide bonds. The number of likely N-dealkylation sites (N-methyl/N-ethyl adjacent to an activating group) is 1. The lowest BCUT2D eigenvalue weighted by Crippen LogP contribution is -2.53. The molecule has 0 saturated heterocycles. The van der Waals surface area contributed by atoms with Crippen molar-refractivity contribution >= 4 is 5.97 Å². The molecule has 1 aromatic rings. The van der Waals surface area contributed by atoms with Gasteiger partial charge in [-0.3, -0.25) is 4.79 Å². The van der Waals surface area contributed by atoms with Gasteiger partial charge < -0.3 is 20.3 Å². The number of nitrogens with one attached hydrogen (secondary N) is 1. The van der Waals surface area contributed by atoms with Gasteiger partial charge in [0.1, 0.15) is 11.3 Å². The first-order valence-corrected chi connectivity index (χ1v) is 7.37. The average molecular weight is 293 g/mol. The molecule has 0 radical (unpaired) electrons. The molecule has 2 unspecified atom stereocenters. The van der Waals surface area contributed by atoms with E-state index in [0.29, 0.717) is 25.2 Å². The van der Waals surface area contributed by atoms with Crippen LogP contribution in [0.15, 0.2) is 24.3 Å². The van der Waals surface area contributed by atoms with Gasteiger partial charge in [0, 0.05) is 0 Å². The SMILES string of the molecule is CNC1(C(=O)O)CCCC1CCOc1cccc(CO)c1. The number of rotatable bonds is 7. The molecule has 0 bridgehead atoms. The van der Waals surface area contributed by atoms with Crippen LogP contribution in [-0.4, -0.2) is 35.4 Å². The Hall–Kier alpha value is -1.59. The van der Waals surface area contributed by atoms with E-state index < -0.39 is 11.5 Å². The van der Waals surface area contributed by atoms with Crippen LogP contribution in [-0.2, 0) is 11.4 Å². The molecule has 5 heteroatoms. The number of carbonyl (C=O) groups is 1. The van der Waals surface area contributed by atoms with Gasteiger partial charge in [-0.1, -0.05) is 18.6 Å². The molecule has 1 aromatic carbocycles. The minimum absolute atomic E-state index is 0.0122. The minimum Gasteiger partial charge on any atom is -0.494 e. The van der Waals surface area contributed by atoms with E-state index in [1.54, 1.807) is 13.1 Å². The van der Waals surface area contributed by atoms with Crippen LogP contribution in [0.3, 0.4) is 0 Å².